The number of aliphatic hydroxyl groups excluding tert-OH is 2. The van der Waals surface area contributed by atoms with E-state index in [-0.39, 0.29) is 18.9 Å². The number of nitrogens with one attached hydrogen (secondary N) is 2. The van der Waals surface area contributed by atoms with Crippen molar-refractivity contribution in [2.45, 2.75) is 37.6 Å². The molecule has 1 aromatic carbocycles. The molecule has 1 aliphatic carbocycles. The van der Waals surface area contributed by atoms with Gasteiger partial charge in [-0.3, -0.25) is 4.79 Å². The quantitative estimate of drug-likeness (QED) is 0.446. The number of rotatable bonds is 3. The van der Waals surface area contributed by atoms with Gasteiger partial charge in [0.05, 0.1) is 30.7 Å². The van der Waals surface area contributed by atoms with Crippen molar-refractivity contribution in [3.8, 4) is 12.3 Å². The molecule has 1 saturated carbocycles. The number of hydrogen-bond acceptors (Lipinski definition) is 4. The summed E-state index contributed by atoms with van der Waals surface area (Å²) >= 11 is 5.45. The molecular weight excluding hydrogens is 338 g/mol. The Morgan fingerprint density at radius 2 is 2.12 bits per heavy atom. The van der Waals surface area contributed by atoms with Crippen LogP contribution >= 0.6 is 12.2 Å². The fraction of sp³-hybridized carbons (Fsp3) is 0.444. The predicted octanol–water partition coefficient (Wildman–Crippen LogP) is -0.0822. The van der Waals surface area contributed by atoms with Crippen molar-refractivity contribution >= 4 is 28.9 Å². The fourth-order valence-corrected chi connectivity index (χ4v) is 3.98. The number of thiocarbonyl (C=S) groups is 1. The Morgan fingerprint density at radius 3 is 2.76 bits per heavy atom. The Morgan fingerprint density at radius 1 is 1.44 bits per heavy atom. The average Bonchev–Trinajstić information content (AvgIpc) is 2.94. The van der Waals surface area contributed by atoms with Crippen molar-refractivity contribution in [3.05, 3.63) is 29.8 Å². The standard InChI is InChI=1S/C18H21N3O3S/c1-3-8-19-17(24)12-9-13(22)16(23)14-15(12)21(18(25)20-14)11-6-4-10(2)5-7-11/h1,4-7,12-16,22-23H,8-9H2,2H3,(H,19,24)(H,20,25)/t12-,13-,14-,15+,16+/m1/s1. The third-order valence-electron chi connectivity index (χ3n) is 4.86. The van der Waals surface area contributed by atoms with Crippen LogP contribution in [0.15, 0.2) is 24.3 Å². The molecule has 3 rings (SSSR count). The second-order valence-corrected chi connectivity index (χ2v) is 6.88. The van der Waals surface area contributed by atoms with Gasteiger partial charge in [0.1, 0.15) is 6.10 Å². The highest BCUT2D eigenvalue weighted by atomic mass is 32.1. The van der Waals surface area contributed by atoms with Gasteiger partial charge in [0.15, 0.2) is 5.11 Å². The maximum atomic E-state index is 12.6. The molecule has 132 valence electrons. The van der Waals surface area contributed by atoms with Gasteiger partial charge in [0.25, 0.3) is 0 Å². The zero-order chi connectivity index (χ0) is 18.1. The lowest BCUT2D eigenvalue weighted by atomic mass is 9.77. The van der Waals surface area contributed by atoms with Crippen molar-refractivity contribution in [2.24, 2.45) is 5.92 Å². The Kier molecular flexibility index (Phi) is 4.95. The second-order valence-electron chi connectivity index (χ2n) is 6.49. The van der Waals surface area contributed by atoms with Crippen molar-refractivity contribution in [3.63, 3.8) is 0 Å². The van der Waals surface area contributed by atoms with E-state index in [1.165, 1.54) is 0 Å². The van der Waals surface area contributed by atoms with Crippen LogP contribution < -0.4 is 15.5 Å². The summed E-state index contributed by atoms with van der Waals surface area (Å²) in [5, 5.41) is 26.7. The molecule has 0 bridgehead atoms. The molecule has 1 amide bonds. The molecular formula is C18H21N3O3S. The number of aryl methyl sites for hydroxylation is 1. The van der Waals surface area contributed by atoms with Gasteiger partial charge in [-0.2, -0.15) is 0 Å². The lowest BCUT2D eigenvalue weighted by molar-refractivity contribution is -0.130. The Labute approximate surface area is 152 Å². The van der Waals surface area contributed by atoms with E-state index in [2.05, 4.69) is 16.6 Å². The molecule has 0 spiro atoms. The van der Waals surface area contributed by atoms with E-state index < -0.39 is 30.2 Å². The van der Waals surface area contributed by atoms with Gasteiger partial charge >= 0.3 is 0 Å². The molecule has 0 aromatic heterocycles. The van der Waals surface area contributed by atoms with E-state index >= 15 is 0 Å². The minimum atomic E-state index is -1.00. The van der Waals surface area contributed by atoms with Crippen LogP contribution in [0.2, 0.25) is 0 Å². The molecule has 5 atom stereocenters. The number of nitrogens with zero attached hydrogens (tertiary/aromatic N) is 1. The molecule has 6 nitrogen and oxygen atoms in total. The molecule has 1 saturated heterocycles. The minimum Gasteiger partial charge on any atom is -0.390 e. The highest BCUT2D eigenvalue weighted by molar-refractivity contribution is 7.80. The third-order valence-corrected chi connectivity index (χ3v) is 5.17. The maximum absolute atomic E-state index is 12.6. The van der Waals surface area contributed by atoms with Crippen LogP contribution in [-0.4, -0.2) is 52.1 Å². The van der Waals surface area contributed by atoms with Gasteiger partial charge in [-0.25, -0.2) is 0 Å². The first-order valence-corrected chi connectivity index (χ1v) is 8.58. The molecule has 2 aliphatic rings. The highest BCUT2D eigenvalue weighted by Crippen LogP contribution is 2.36. The van der Waals surface area contributed by atoms with Crippen LogP contribution in [0.25, 0.3) is 0 Å². The Balaban J connectivity index is 1.96. The smallest absolute Gasteiger partial charge is 0.226 e. The van der Waals surface area contributed by atoms with Gasteiger partial charge in [-0.05, 0) is 37.7 Å². The summed E-state index contributed by atoms with van der Waals surface area (Å²) < 4.78 is 0. The predicted molar refractivity (Wildman–Crippen MR) is 98.9 cm³/mol. The number of carbonyl (C=O) groups excluding carboxylic acids is 1. The number of carbonyl (C=O) groups is 1. The summed E-state index contributed by atoms with van der Waals surface area (Å²) in [6.45, 7) is 2.11. The first-order valence-electron chi connectivity index (χ1n) is 8.17. The SMILES string of the molecule is C#CCNC(=O)[C@@H]1C[C@@H](O)[C@H](O)[C@@H]2NC(=S)N(c3ccc(C)cc3)[C@H]21. The highest BCUT2D eigenvalue weighted by Gasteiger charge is 2.53. The van der Waals surface area contributed by atoms with E-state index in [1.54, 1.807) is 0 Å². The summed E-state index contributed by atoms with van der Waals surface area (Å²) in [5.41, 5.74) is 1.95. The van der Waals surface area contributed by atoms with Gasteiger partial charge in [-0.15, -0.1) is 6.42 Å². The van der Waals surface area contributed by atoms with Crippen molar-refractivity contribution in [1.29, 1.82) is 0 Å². The number of benzene rings is 1. The molecule has 1 aromatic rings. The molecule has 25 heavy (non-hydrogen) atoms. The van der Waals surface area contributed by atoms with Crippen LogP contribution in [0.3, 0.4) is 0 Å². The van der Waals surface area contributed by atoms with Crippen LogP contribution in [-0.2, 0) is 4.79 Å². The van der Waals surface area contributed by atoms with E-state index in [1.807, 2.05) is 36.1 Å². The molecule has 1 heterocycles. The van der Waals surface area contributed by atoms with Crippen molar-refractivity contribution in [2.75, 3.05) is 11.4 Å². The van der Waals surface area contributed by atoms with Gasteiger partial charge in [0.2, 0.25) is 5.91 Å². The van der Waals surface area contributed by atoms with Gasteiger partial charge < -0.3 is 25.7 Å². The zero-order valence-corrected chi connectivity index (χ0v) is 14.7. The van der Waals surface area contributed by atoms with Gasteiger partial charge in [0, 0.05) is 5.69 Å². The third kappa shape index (κ3) is 3.21. The minimum absolute atomic E-state index is 0.119. The summed E-state index contributed by atoms with van der Waals surface area (Å²) in [4.78, 5) is 14.4. The largest absolute Gasteiger partial charge is 0.390 e. The molecule has 0 unspecified atom stereocenters. The normalized spacial score (nSPS) is 31.0. The number of hydrogen-bond donors (Lipinski definition) is 4. The van der Waals surface area contributed by atoms with Crippen LogP contribution in [0, 0.1) is 25.2 Å². The van der Waals surface area contributed by atoms with Gasteiger partial charge in [-0.1, -0.05) is 23.6 Å². The number of anilines is 1. The molecule has 0 radical (unpaired) electrons. The van der Waals surface area contributed by atoms with Crippen molar-refractivity contribution < 1.29 is 15.0 Å². The number of terminal acetylenes is 1. The van der Waals surface area contributed by atoms with Crippen LogP contribution in [0.4, 0.5) is 5.69 Å². The zero-order valence-electron chi connectivity index (χ0n) is 13.8. The summed E-state index contributed by atoms with van der Waals surface area (Å²) in [7, 11) is 0. The van der Waals surface area contributed by atoms with E-state index in [4.69, 9.17) is 18.6 Å². The summed E-state index contributed by atoms with van der Waals surface area (Å²) in [5.74, 6) is 1.58. The molecule has 7 heteroatoms. The monoisotopic (exact) mass is 359 g/mol. The van der Waals surface area contributed by atoms with E-state index in [9.17, 15) is 15.0 Å². The molecule has 2 fully saturated rings. The maximum Gasteiger partial charge on any atom is 0.226 e. The Bertz CT molecular complexity index is 715. The first kappa shape index (κ1) is 17.7. The Hall–Kier alpha value is -2.14. The topological polar surface area (TPSA) is 84.8 Å². The van der Waals surface area contributed by atoms with Crippen LogP contribution in [0.1, 0.15) is 12.0 Å². The number of aliphatic hydroxyl groups is 2. The molecule has 1 aliphatic heterocycles. The average molecular weight is 359 g/mol. The lowest BCUT2D eigenvalue weighted by Crippen LogP contribution is -2.61. The number of amides is 1. The molecule has 4 N–H and O–H groups in total. The van der Waals surface area contributed by atoms with E-state index in [0.29, 0.717) is 5.11 Å². The number of fused-ring (bicyclic) bond motifs is 1. The first-order chi connectivity index (χ1) is 11.9. The second kappa shape index (κ2) is 7.00. The summed E-state index contributed by atoms with van der Waals surface area (Å²) in [6.07, 6.45) is 3.36. The van der Waals surface area contributed by atoms with Crippen molar-refractivity contribution in [1.82, 2.24) is 10.6 Å². The fourth-order valence-electron chi connectivity index (χ4n) is 3.62. The van der Waals surface area contributed by atoms with E-state index in [0.717, 1.165) is 11.3 Å². The lowest BCUT2D eigenvalue weighted by Gasteiger charge is -2.41. The summed E-state index contributed by atoms with van der Waals surface area (Å²) in [6, 6.07) is 6.86. The van der Waals surface area contributed by atoms with Crippen LogP contribution in [0.5, 0.6) is 0 Å².